The van der Waals surface area contributed by atoms with Gasteiger partial charge in [-0.2, -0.15) is 0 Å². The van der Waals surface area contributed by atoms with Crippen molar-refractivity contribution in [2.45, 2.75) is 25.4 Å². The number of nitrogens with one attached hydrogen (secondary N) is 1. The molecule has 2 heterocycles. The van der Waals surface area contributed by atoms with Gasteiger partial charge in [0.15, 0.2) is 9.84 Å². The summed E-state index contributed by atoms with van der Waals surface area (Å²) in [6.07, 6.45) is 0.783. The molecule has 1 N–H and O–H groups in total. The molecule has 3 nitrogen and oxygen atoms in total. The van der Waals surface area contributed by atoms with Crippen LogP contribution in [0.4, 0.5) is 0 Å². The zero-order valence-corrected chi connectivity index (χ0v) is 12.4. The van der Waals surface area contributed by atoms with E-state index in [-0.39, 0.29) is 23.6 Å². The zero-order chi connectivity index (χ0) is 12.6. The topological polar surface area (TPSA) is 46.2 Å². The summed E-state index contributed by atoms with van der Waals surface area (Å²) in [5, 5.41) is 3.31. The number of halogens is 2. The van der Waals surface area contributed by atoms with E-state index in [0.29, 0.717) is 8.67 Å². The molecule has 0 bridgehead atoms. The van der Waals surface area contributed by atoms with Crippen LogP contribution >= 0.6 is 34.5 Å². The molecule has 1 aliphatic rings. The Morgan fingerprint density at radius 3 is 2.71 bits per heavy atom. The monoisotopic (exact) mass is 313 g/mol. The minimum absolute atomic E-state index is 0.00603. The van der Waals surface area contributed by atoms with E-state index in [1.807, 2.05) is 6.92 Å². The summed E-state index contributed by atoms with van der Waals surface area (Å²) in [6, 6.07) is 1.50. The van der Waals surface area contributed by atoms with E-state index in [2.05, 4.69) is 5.32 Å². The van der Waals surface area contributed by atoms with Crippen molar-refractivity contribution in [3.63, 3.8) is 0 Å². The Hall–Kier alpha value is 0.190. The van der Waals surface area contributed by atoms with Gasteiger partial charge in [0, 0.05) is 17.6 Å². The molecule has 1 aromatic rings. The maximum absolute atomic E-state index is 11.8. The molecule has 1 aromatic heterocycles. The standard InChI is InChI=1S/C10H13Cl2NO2S2/c1-2-6-4-17(14,15)5-8(13-6)7-3-9(11)16-10(7)12/h3,6,8,13H,2,4-5H2,1H3. The molecule has 1 fully saturated rings. The van der Waals surface area contributed by atoms with E-state index in [9.17, 15) is 8.42 Å². The lowest BCUT2D eigenvalue weighted by molar-refractivity contribution is 0.441. The van der Waals surface area contributed by atoms with E-state index in [1.165, 1.54) is 11.3 Å². The van der Waals surface area contributed by atoms with Crippen LogP contribution in [0.1, 0.15) is 24.9 Å². The second-order valence-electron chi connectivity index (χ2n) is 4.18. The second-order valence-corrected chi connectivity index (χ2v) is 8.62. The lowest BCUT2D eigenvalue weighted by atomic mass is 10.1. The summed E-state index contributed by atoms with van der Waals surface area (Å²) in [5.74, 6) is 0.297. The molecular weight excluding hydrogens is 301 g/mol. The summed E-state index contributed by atoms with van der Waals surface area (Å²) in [7, 11) is -3.01. The molecule has 2 atom stereocenters. The molecule has 2 unspecified atom stereocenters. The van der Waals surface area contributed by atoms with Crippen LogP contribution in [0.25, 0.3) is 0 Å². The minimum atomic E-state index is -3.01. The second kappa shape index (κ2) is 5.05. The van der Waals surface area contributed by atoms with E-state index >= 15 is 0 Å². The molecule has 2 rings (SSSR count). The first kappa shape index (κ1) is 13.6. The van der Waals surface area contributed by atoms with Crippen molar-refractivity contribution in [2.24, 2.45) is 0 Å². The summed E-state index contributed by atoms with van der Waals surface area (Å²) >= 11 is 13.2. The molecule has 0 amide bonds. The lowest BCUT2D eigenvalue weighted by Crippen LogP contribution is -2.46. The van der Waals surface area contributed by atoms with Crippen molar-refractivity contribution < 1.29 is 8.42 Å². The summed E-state index contributed by atoms with van der Waals surface area (Å²) in [5.41, 5.74) is 0.795. The largest absolute Gasteiger partial charge is 0.305 e. The van der Waals surface area contributed by atoms with Crippen LogP contribution in [0.3, 0.4) is 0 Å². The van der Waals surface area contributed by atoms with Gasteiger partial charge in [-0.1, -0.05) is 30.1 Å². The van der Waals surface area contributed by atoms with Crippen molar-refractivity contribution in [1.82, 2.24) is 5.32 Å². The number of rotatable bonds is 2. The normalized spacial score (nSPS) is 28.2. The van der Waals surface area contributed by atoms with Crippen LogP contribution in [-0.2, 0) is 9.84 Å². The third-order valence-corrected chi connectivity index (χ3v) is 6.13. The maximum Gasteiger partial charge on any atom is 0.153 e. The van der Waals surface area contributed by atoms with Gasteiger partial charge < -0.3 is 5.32 Å². The fourth-order valence-electron chi connectivity index (χ4n) is 2.02. The Bertz CT molecular complexity index is 512. The van der Waals surface area contributed by atoms with Gasteiger partial charge in [-0.15, -0.1) is 11.3 Å². The molecule has 0 aromatic carbocycles. The van der Waals surface area contributed by atoms with Crippen molar-refractivity contribution in [2.75, 3.05) is 11.5 Å². The highest BCUT2D eigenvalue weighted by atomic mass is 35.5. The molecular formula is C10H13Cl2NO2S2. The number of sulfone groups is 1. The minimum Gasteiger partial charge on any atom is -0.305 e. The van der Waals surface area contributed by atoms with Gasteiger partial charge in [-0.25, -0.2) is 8.42 Å². The highest BCUT2D eigenvalue weighted by Gasteiger charge is 2.32. The molecule has 1 aliphatic heterocycles. The summed E-state index contributed by atoms with van der Waals surface area (Å²) in [6.45, 7) is 1.97. The van der Waals surface area contributed by atoms with Gasteiger partial charge in [-0.3, -0.25) is 0 Å². The van der Waals surface area contributed by atoms with Crippen molar-refractivity contribution >= 4 is 44.4 Å². The molecule has 17 heavy (non-hydrogen) atoms. The third-order valence-electron chi connectivity index (χ3n) is 2.86. The van der Waals surface area contributed by atoms with Gasteiger partial charge in [-0.05, 0) is 12.5 Å². The summed E-state index contributed by atoms with van der Waals surface area (Å²) in [4.78, 5) is 0. The molecule has 0 radical (unpaired) electrons. The fraction of sp³-hybridized carbons (Fsp3) is 0.600. The van der Waals surface area contributed by atoms with Crippen molar-refractivity contribution in [3.8, 4) is 0 Å². The van der Waals surface area contributed by atoms with Crippen LogP contribution in [0.2, 0.25) is 8.67 Å². The number of hydrogen-bond acceptors (Lipinski definition) is 4. The quantitative estimate of drug-likeness (QED) is 0.913. The predicted octanol–water partition coefficient (Wildman–Crippen LogP) is 2.89. The summed E-state index contributed by atoms with van der Waals surface area (Å²) < 4.78 is 24.8. The van der Waals surface area contributed by atoms with E-state index in [0.717, 1.165) is 12.0 Å². The number of hydrogen-bond donors (Lipinski definition) is 1. The predicted molar refractivity (Wildman–Crippen MR) is 72.9 cm³/mol. The van der Waals surface area contributed by atoms with Gasteiger partial charge in [0.1, 0.15) is 0 Å². The van der Waals surface area contributed by atoms with Gasteiger partial charge in [0.2, 0.25) is 0 Å². The molecule has 7 heteroatoms. The van der Waals surface area contributed by atoms with Crippen LogP contribution in [0.15, 0.2) is 6.07 Å². The van der Waals surface area contributed by atoms with Gasteiger partial charge in [0.05, 0.1) is 20.2 Å². The highest BCUT2D eigenvalue weighted by Crippen LogP contribution is 2.36. The Balaban J connectivity index is 2.29. The Labute approximate surface area is 115 Å². The van der Waals surface area contributed by atoms with Crippen LogP contribution in [0.5, 0.6) is 0 Å². The van der Waals surface area contributed by atoms with Crippen LogP contribution in [0, 0.1) is 0 Å². The van der Waals surface area contributed by atoms with Crippen LogP contribution < -0.4 is 5.32 Å². The smallest absolute Gasteiger partial charge is 0.153 e. The molecule has 0 aliphatic carbocycles. The third kappa shape index (κ3) is 3.15. The average molecular weight is 314 g/mol. The highest BCUT2D eigenvalue weighted by molar-refractivity contribution is 7.91. The van der Waals surface area contributed by atoms with E-state index < -0.39 is 9.84 Å². The first-order valence-electron chi connectivity index (χ1n) is 5.32. The van der Waals surface area contributed by atoms with Gasteiger partial charge in [0.25, 0.3) is 0 Å². The first-order valence-corrected chi connectivity index (χ1v) is 8.72. The van der Waals surface area contributed by atoms with Crippen molar-refractivity contribution in [3.05, 3.63) is 20.3 Å². The Morgan fingerprint density at radius 1 is 1.47 bits per heavy atom. The number of thiophene rings is 1. The Kier molecular flexibility index (Phi) is 4.05. The average Bonchev–Trinajstić information content (AvgIpc) is 2.55. The Morgan fingerprint density at radius 2 is 2.18 bits per heavy atom. The molecule has 0 spiro atoms. The lowest BCUT2D eigenvalue weighted by Gasteiger charge is -2.30. The van der Waals surface area contributed by atoms with Gasteiger partial charge >= 0.3 is 0 Å². The first-order chi connectivity index (χ1) is 7.91. The molecule has 96 valence electrons. The maximum atomic E-state index is 11.8. The van der Waals surface area contributed by atoms with E-state index in [4.69, 9.17) is 23.2 Å². The fourth-order valence-corrected chi connectivity index (χ4v) is 5.46. The van der Waals surface area contributed by atoms with Crippen molar-refractivity contribution in [1.29, 1.82) is 0 Å². The molecule has 1 saturated heterocycles. The molecule has 0 saturated carbocycles. The zero-order valence-electron chi connectivity index (χ0n) is 9.24. The van der Waals surface area contributed by atoms with E-state index in [1.54, 1.807) is 6.07 Å². The SMILES string of the molecule is CCC1CS(=O)(=O)CC(c2cc(Cl)sc2Cl)N1. The van der Waals surface area contributed by atoms with Crippen LogP contribution in [-0.4, -0.2) is 26.0 Å².